The summed E-state index contributed by atoms with van der Waals surface area (Å²) in [4.78, 5) is 28.2. The first kappa shape index (κ1) is 16.6. The lowest BCUT2D eigenvalue weighted by atomic mass is 9.71. The molecule has 0 fully saturated rings. The van der Waals surface area contributed by atoms with Crippen molar-refractivity contribution in [1.29, 1.82) is 5.26 Å². The maximum Gasteiger partial charge on any atom is 0.269 e. The Labute approximate surface area is 152 Å². The highest BCUT2D eigenvalue weighted by Crippen LogP contribution is 2.52. The molecule has 1 aromatic heterocycles. The van der Waals surface area contributed by atoms with Gasteiger partial charge in [0.25, 0.3) is 5.69 Å². The van der Waals surface area contributed by atoms with E-state index < -0.39 is 16.2 Å². The molecule has 136 valence electrons. The summed E-state index contributed by atoms with van der Waals surface area (Å²) in [7, 11) is 0. The fraction of sp³-hybridized carbons (Fsp3) is 0.235. The SMILES string of the molecule is CCCc1nc2c(o1)NC(N)=C(C#N)C21C(=O)Nc2ccc([N+](=O)[O-])cc21. The maximum absolute atomic E-state index is 13.1. The number of hydrogen-bond donors (Lipinski definition) is 3. The molecule has 1 atom stereocenters. The monoisotopic (exact) mass is 366 g/mol. The Morgan fingerprint density at radius 1 is 1.44 bits per heavy atom. The van der Waals surface area contributed by atoms with Gasteiger partial charge in [-0.2, -0.15) is 5.26 Å². The number of anilines is 2. The number of aromatic nitrogens is 1. The van der Waals surface area contributed by atoms with Gasteiger partial charge < -0.3 is 20.8 Å². The Kier molecular flexibility index (Phi) is 3.42. The fourth-order valence-electron chi connectivity index (χ4n) is 3.56. The summed E-state index contributed by atoms with van der Waals surface area (Å²) in [5.74, 6) is -0.0761. The van der Waals surface area contributed by atoms with Gasteiger partial charge in [0, 0.05) is 29.8 Å². The second-order valence-electron chi connectivity index (χ2n) is 6.25. The molecule has 0 bridgehead atoms. The van der Waals surface area contributed by atoms with Crippen LogP contribution in [0.1, 0.15) is 30.5 Å². The Balaban J connectivity index is 2.07. The highest BCUT2D eigenvalue weighted by Gasteiger charge is 2.58. The highest BCUT2D eigenvalue weighted by molar-refractivity contribution is 6.13. The second kappa shape index (κ2) is 5.57. The molecule has 0 aliphatic carbocycles. The molecule has 10 heteroatoms. The lowest BCUT2D eigenvalue weighted by Gasteiger charge is -2.30. The lowest BCUT2D eigenvalue weighted by Crippen LogP contribution is -2.43. The number of carbonyl (C=O) groups excluding carboxylic acids is 1. The van der Waals surface area contributed by atoms with Crippen molar-refractivity contribution in [2.45, 2.75) is 25.2 Å². The number of nitrogens with one attached hydrogen (secondary N) is 2. The Morgan fingerprint density at radius 2 is 2.22 bits per heavy atom. The van der Waals surface area contributed by atoms with E-state index in [0.717, 1.165) is 6.42 Å². The molecule has 1 spiro atoms. The summed E-state index contributed by atoms with van der Waals surface area (Å²) in [5.41, 5.74) is 4.80. The van der Waals surface area contributed by atoms with Crippen molar-refractivity contribution in [3.05, 3.63) is 56.9 Å². The number of aryl methyl sites for hydroxylation is 1. The summed E-state index contributed by atoms with van der Waals surface area (Å²) < 4.78 is 5.68. The number of nitro benzene ring substituents is 1. The van der Waals surface area contributed by atoms with Gasteiger partial charge in [0.2, 0.25) is 11.8 Å². The minimum absolute atomic E-state index is 0.0568. The molecule has 0 saturated carbocycles. The molecule has 10 nitrogen and oxygen atoms in total. The summed E-state index contributed by atoms with van der Waals surface area (Å²) in [6.45, 7) is 1.95. The van der Waals surface area contributed by atoms with Gasteiger partial charge >= 0.3 is 0 Å². The quantitative estimate of drug-likeness (QED) is 0.548. The van der Waals surface area contributed by atoms with Gasteiger partial charge in [-0.1, -0.05) is 6.92 Å². The van der Waals surface area contributed by atoms with Crippen LogP contribution in [0.2, 0.25) is 0 Å². The lowest BCUT2D eigenvalue weighted by molar-refractivity contribution is -0.384. The van der Waals surface area contributed by atoms with Gasteiger partial charge in [-0.05, 0) is 12.5 Å². The number of nitriles is 1. The molecule has 2 aliphatic rings. The van der Waals surface area contributed by atoms with Gasteiger partial charge in [0.1, 0.15) is 17.6 Å². The predicted molar refractivity (Wildman–Crippen MR) is 93.5 cm³/mol. The van der Waals surface area contributed by atoms with E-state index in [2.05, 4.69) is 15.6 Å². The molecule has 2 aliphatic heterocycles. The van der Waals surface area contributed by atoms with Crippen LogP contribution in [-0.4, -0.2) is 15.8 Å². The van der Waals surface area contributed by atoms with E-state index in [1.54, 1.807) is 0 Å². The molecule has 1 aromatic carbocycles. The number of nitrogens with zero attached hydrogens (tertiary/aromatic N) is 3. The first-order chi connectivity index (χ1) is 12.9. The zero-order valence-corrected chi connectivity index (χ0v) is 14.2. The van der Waals surface area contributed by atoms with Crippen molar-refractivity contribution in [2.75, 3.05) is 10.6 Å². The average Bonchev–Trinajstić information content (AvgIpc) is 3.14. The molecule has 1 unspecified atom stereocenters. The molecular weight excluding hydrogens is 352 g/mol. The average molecular weight is 366 g/mol. The van der Waals surface area contributed by atoms with Crippen LogP contribution in [0, 0.1) is 21.4 Å². The zero-order chi connectivity index (χ0) is 19.3. The molecular formula is C17H14N6O4. The van der Waals surface area contributed by atoms with Crippen molar-refractivity contribution >= 4 is 23.2 Å². The number of nitro groups is 1. The van der Waals surface area contributed by atoms with Gasteiger partial charge in [-0.25, -0.2) is 4.98 Å². The van der Waals surface area contributed by atoms with Crippen LogP contribution >= 0.6 is 0 Å². The minimum Gasteiger partial charge on any atom is -0.425 e. The van der Waals surface area contributed by atoms with Crippen LogP contribution in [-0.2, 0) is 16.6 Å². The first-order valence-electron chi connectivity index (χ1n) is 8.21. The first-order valence-corrected chi connectivity index (χ1v) is 8.21. The predicted octanol–water partition coefficient (Wildman–Crippen LogP) is 1.89. The number of fused-ring (bicyclic) bond motifs is 4. The summed E-state index contributed by atoms with van der Waals surface area (Å²) in [6.07, 6.45) is 1.28. The number of benzene rings is 1. The normalized spacial score (nSPS) is 19.9. The third-order valence-electron chi connectivity index (χ3n) is 4.70. The number of carbonyl (C=O) groups is 1. The minimum atomic E-state index is -1.70. The number of non-ortho nitro benzene ring substituents is 1. The van der Waals surface area contributed by atoms with E-state index >= 15 is 0 Å². The van der Waals surface area contributed by atoms with Gasteiger partial charge in [-0.3, -0.25) is 14.9 Å². The molecule has 2 aromatic rings. The molecule has 3 heterocycles. The van der Waals surface area contributed by atoms with Crippen LogP contribution in [0.4, 0.5) is 17.3 Å². The summed E-state index contributed by atoms with van der Waals surface area (Å²) in [5, 5.41) is 26.5. The Bertz CT molecular complexity index is 1080. The fourth-order valence-corrected chi connectivity index (χ4v) is 3.56. The van der Waals surface area contributed by atoms with E-state index in [4.69, 9.17) is 10.2 Å². The van der Waals surface area contributed by atoms with E-state index in [0.29, 0.717) is 18.0 Å². The van der Waals surface area contributed by atoms with Crippen LogP contribution in [0.5, 0.6) is 0 Å². The van der Waals surface area contributed by atoms with Crippen LogP contribution in [0.3, 0.4) is 0 Å². The van der Waals surface area contributed by atoms with Gasteiger partial charge in [0.15, 0.2) is 11.3 Å². The third-order valence-corrected chi connectivity index (χ3v) is 4.70. The Morgan fingerprint density at radius 3 is 2.89 bits per heavy atom. The van der Waals surface area contributed by atoms with E-state index in [1.807, 2.05) is 13.0 Å². The summed E-state index contributed by atoms with van der Waals surface area (Å²) >= 11 is 0. The summed E-state index contributed by atoms with van der Waals surface area (Å²) in [6, 6.07) is 5.95. The Hall–Kier alpha value is -3.87. The highest BCUT2D eigenvalue weighted by atomic mass is 16.6. The topological polar surface area (TPSA) is 160 Å². The van der Waals surface area contributed by atoms with Crippen molar-refractivity contribution in [1.82, 2.24) is 4.98 Å². The molecule has 1 amide bonds. The number of oxazole rings is 1. The van der Waals surface area contributed by atoms with E-state index in [1.165, 1.54) is 18.2 Å². The zero-order valence-electron chi connectivity index (χ0n) is 14.2. The second-order valence-corrected chi connectivity index (χ2v) is 6.25. The van der Waals surface area contributed by atoms with E-state index in [-0.39, 0.29) is 34.2 Å². The van der Waals surface area contributed by atoms with Crippen molar-refractivity contribution < 1.29 is 14.1 Å². The van der Waals surface area contributed by atoms with E-state index in [9.17, 15) is 20.2 Å². The number of nitrogens with two attached hydrogens (primary N) is 1. The molecule has 0 radical (unpaired) electrons. The molecule has 4 rings (SSSR count). The van der Waals surface area contributed by atoms with Crippen molar-refractivity contribution in [3.63, 3.8) is 0 Å². The number of hydrogen-bond acceptors (Lipinski definition) is 8. The van der Waals surface area contributed by atoms with Crippen molar-refractivity contribution in [2.24, 2.45) is 5.73 Å². The molecule has 0 saturated heterocycles. The van der Waals surface area contributed by atoms with Crippen molar-refractivity contribution in [3.8, 4) is 6.07 Å². The molecule has 4 N–H and O–H groups in total. The van der Waals surface area contributed by atoms with Gasteiger partial charge in [-0.15, -0.1) is 0 Å². The third kappa shape index (κ3) is 2.05. The van der Waals surface area contributed by atoms with Crippen LogP contribution in [0.15, 0.2) is 34.0 Å². The van der Waals surface area contributed by atoms with Crippen LogP contribution < -0.4 is 16.4 Å². The standard InChI is InChI=1S/C17H14N6O4/c1-2-3-12-21-13-15(27-12)22-14(19)10(7-18)17(13)9-6-8(23(25)26)4-5-11(9)20-16(17)24/h4-6,22H,2-3,19H2,1H3,(H,20,24). The molecule has 27 heavy (non-hydrogen) atoms. The maximum atomic E-state index is 13.1. The largest absolute Gasteiger partial charge is 0.425 e. The number of rotatable bonds is 3. The number of amides is 1. The van der Waals surface area contributed by atoms with Crippen LogP contribution in [0.25, 0.3) is 0 Å². The van der Waals surface area contributed by atoms with Gasteiger partial charge in [0.05, 0.1) is 10.5 Å². The smallest absolute Gasteiger partial charge is 0.269 e.